The van der Waals surface area contributed by atoms with Gasteiger partial charge in [0.1, 0.15) is 11.6 Å². The first-order valence-corrected chi connectivity index (χ1v) is 15.3. The fourth-order valence-electron chi connectivity index (χ4n) is 5.08. The molecule has 1 unspecified atom stereocenters. The highest BCUT2D eigenvalue weighted by atomic mass is 32.2. The highest BCUT2D eigenvalue weighted by Gasteiger charge is 2.41. The van der Waals surface area contributed by atoms with Crippen LogP contribution in [0.25, 0.3) is 0 Å². The first-order chi connectivity index (χ1) is 20.0. The third-order valence-corrected chi connectivity index (χ3v) is 8.97. The van der Waals surface area contributed by atoms with Crippen molar-refractivity contribution in [1.82, 2.24) is 15.5 Å². The van der Waals surface area contributed by atoms with Gasteiger partial charge in [-0.15, -0.1) is 10.2 Å². The molecule has 0 saturated carbocycles. The Bertz CT molecular complexity index is 1530. The maximum Gasteiger partial charge on any atom is 0.230 e. The molecule has 5 rings (SSSR count). The molecule has 3 aromatic rings. The predicted molar refractivity (Wildman–Crippen MR) is 159 cm³/mol. The van der Waals surface area contributed by atoms with Gasteiger partial charge in [0.05, 0.1) is 29.9 Å². The number of anilines is 1. The number of Topliss-reactive ketones (excluding diaryl/α,β-unsaturated/α-hetero) is 1. The number of ketones is 1. The Morgan fingerprint density at radius 2 is 1.98 bits per heavy atom. The average molecular weight is 587 g/mol. The number of nitrogens with zero attached hydrogens (tertiary/aromatic N) is 4. The van der Waals surface area contributed by atoms with Gasteiger partial charge < -0.3 is 15.8 Å². The van der Waals surface area contributed by atoms with Crippen molar-refractivity contribution in [1.29, 1.82) is 5.26 Å². The van der Waals surface area contributed by atoms with Crippen molar-refractivity contribution < 1.29 is 14.3 Å². The number of thioether (sulfide) groups is 1. The molecule has 1 aliphatic carbocycles. The van der Waals surface area contributed by atoms with Gasteiger partial charge in [-0.1, -0.05) is 65.6 Å². The number of benzene rings is 2. The minimum absolute atomic E-state index is 0.00155. The summed E-state index contributed by atoms with van der Waals surface area (Å²) in [6.07, 6.45) is 2.48. The fraction of sp³-hybridized carbons (Fsp3) is 0.300. The molecule has 1 atom stereocenters. The van der Waals surface area contributed by atoms with E-state index >= 15 is 0 Å². The largest absolute Gasteiger partial charge is 0.494 e. The molecule has 210 valence electrons. The van der Waals surface area contributed by atoms with Gasteiger partial charge in [0.15, 0.2) is 10.1 Å². The maximum absolute atomic E-state index is 13.3. The van der Waals surface area contributed by atoms with Crippen molar-refractivity contribution in [3.63, 3.8) is 0 Å². The van der Waals surface area contributed by atoms with E-state index in [-0.39, 0.29) is 23.3 Å². The van der Waals surface area contributed by atoms with E-state index < -0.39 is 5.92 Å². The number of aromatic nitrogens is 2. The molecule has 1 amide bonds. The zero-order valence-corrected chi connectivity index (χ0v) is 24.3. The van der Waals surface area contributed by atoms with Crippen LogP contribution in [0.3, 0.4) is 0 Å². The van der Waals surface area contributed by atoms with Crippen molar-refractivity contribution in [3.8, 4) is 11.8 Å². The first-order valence-electron chi connectivity index (χ1n) is 13.5. The van der Waals surface area contributed by atoms with Crippen LogP contribution in [0.1, 0.15) is 43.2 Å². The van der Waals surface area contributed by atoms with E-state index in [2.05, 4.69) is 21.6 Å². The lowest BCUT2D eigenvalue weighted by molar-refractivity contribution is -0.118. The Morgan fingerprint density at radius 3 is 2.71 bits per heavy atom. The SMILES string of the molecule is CCOc1ccc(C2C(C#N)=C(N)N(c3nnc(SCC(=O)NCCc4ccccc4)s3)C3=C2C(=O)CCC3)cc1. The smallest absolute Gasteiger partial charge is 0.230 e. The lowest BCUT2D eigenvalue weighted by Gasteiger charge is -2.38. The minimum Gasteiger partial charge on any atom is -0.494 e. The Hall–Kier alpha value is -4.14. The van der Waals surface area contributed by atoms with E-state index in [9.17, 15) is 14.9 Å². The second-order valence-corrected chi connectivity index (χ2v) is 11.7. The summed E-state index contributed by atoms with van der Waals surface area (Å²) < 4.78 is 6.17. The quantitative estimate of drug-likeness (QED) is 0.324. The Morgan fingerprint density at radius 1 is 1.20 bits per heavy atom. The van der Waals surface area contributed by atoms with Crippen LogP contribution in [0.4, 0.5) is 5.13 Å². The Kier molecular flexibility index (Phi) is 9.01. The number of hydrogen-bond donors (Lipinski definition) is 2. The molecule has 0 radical (unpaired) electrons. The zero-order valence-electron chi connectivity index (χ0n) is 22.6. The zero-order chi connectivity index (χ0) is 28.8. The van der Waals surface area contributed by atoms with E-state index in [1.54, 1.807) is 4.90 Å². The number of carbonyl (C=O) groups excluding carboxylic acids is 2. The molecule has 1 aromatic heterocycles. The van der Waals surface area contributed by atoms with Crippen molar-refractivity contribution in [2.45, 2.75) is 42.9 Å². The normalized spacial score (nSPS) is 16.8. The van der Waals surface area contributed by atoms with Gasteiger partial charge in [-0.25, -0.2) is 0 Å². The van der Waals surface area contributed by atoms with Gasteiger partial charge in [-0.3, -0.25) is 14.5 Å². The fourth-order valence-corrected chi connectivity index (χ4v) is 6.79. The van der Waals surface area contributed by atoms with Crippen molar-refractivity contribution in [3.05, 3.63) is 88.4 Å². The molecule has 2 aliphatic rings. The Balaban J connectivity index is 1.34. The molecule has 2 aromatic carbocycles. The van der Waals surface area contributed by atoms with Crippen LogP contribution in [0, 0.1) is 11.3 Å². The summed E-state index contributed by atoms with van der Waals surface area (Å²) in [7, 11) is 0. The van der Waals surface area contributed by atoms with Crippen LogP contribution in [0.5, 0.6) is 5.75 Å². The number of rotatable bonds is 10. The van der Waals surface area contributed by atoms with Crippen LogP contribution in [-0.2, 0) is 16.0 Å². The number of nitrogens with two attached hydrogens (primary N) is 1. The van der Waals surface area contributed by atoms with E-state index in [0.29, 0.717) is 53.0 Å². The highest BCUT2D eigenvalue weighted by molar-refractivity contribution is 8.01. The highest BCUT2D eigenvalue weighted by Crippen LogP contribution is 2.47. The number of allylic oxidation sites excluding steroid dienone is 3. The number of hydrogen-bond acceptors (Lipinski definition) is 10. The van der Waals surface area contributed by atoms with Gasteiger partial charge in [0.2, 0.25) is 11.0 Å². The van der Waals surface area contributed by atoms with Gasteiger partial charge in [0.25, 0.3) is 0 Å². The van der Waals surface area contributed by atoms with Crippen LogP contribution >= 0.6 is 23.1 Å². The second-order valence-electron chi connectivity index (χ2n) is 9.54. The molecular formula is C30H30N6O3S2. The summed E-state index contributed by atoms with van der Waals surface area (Å²) in [5, 5.41) is 22.2. The molecule has 11 heteroatoms. The van der Waals surface area contributed by atoms with E-state index in [4.69, 9.17) is 10.5 Å². The van der Waals surface area contributed by atoms with Crippen LogP contribution in [-0.4, -0.2) is 40.8 Å². The predicted octanol–water partition coefficient (Wildman–Crippen LogP) is 4.69. The third kappa shape index (κ3) is 6.29. The van der Waals surface area contributed by atoms with Crippen LogP contribution < -0.4 is 20.7 Å². The van der Waals surface area contributed by atoms with Crippen molar-refractivity contribution >= 4 is 39.9 Å². The molecule has 1 aliphatic heterocycles. The summed E-state index contributed by atoms with van der Waals surface area (Å²) in [5.41, 5.74) is 10.2. The first kappa shape index (κ1) is 28.4. The third-order valence-electron chi connectivity index (χ3n) is 6.93. The summed E-state index contributed by atoms with van der Waals surface area (Å²) in [5.74, 6) is 0.513. The van der Waals surface area contributed by atoms with Gasteiger partial charge in [0, 0.05) is 24.2 Å². The lowest BCUT2D eigenvalue weighted by Crippen LogP contribution is -2.38. The maximum atomic E-state index is 13.3. The van der Waals surface area contributed by atoms with Crippen LogP contribution in [0.15, 0.2) is 81.6 Å². The molecule has 9 nitrogen and oxygen atoms in total. The number of ether oxygens (including phenoxy) is 1. The van der Waals surface area contributed by atoms with Crippen LogP contribution in [0.2, 0.25) is 0 Å². The lowest BCUT2D eigenvalue weighted by atomic mass is 9.76. The molecule has 41 heavy (non-hydrogen) atoms. The minimum atomic E-state index is -0.559. The Labute approximate surface area is 247 Å². The summed E-state index contributed by atoms with van der Waals surface area (Å²) in [6, 6.07) is 19.7. The van der Waals surface area contributed by atoms with Gasteiger partial charge >= 0.3 is 0 Å². The van der Waals surface area contributed by atoms with Gasteiger partial charge in [-0.2, -0.15) is 5.26 Å². The number of nitrogens with one attached hydrogen (secondary N) is 1. The molecule has 0 spiro atoms. The standard InChI is InChI=1S/C30H30N6O3S2/c1-2-39-21-13-11-20(12-14-21)26-22(17-31)28(32)36(23-9-6-10-24(37)27(23)26)29-34-35-30(41-29)40-18-25(38)33-16-15-19-7-4-3-5-8-19/h3-5,7-8,11-14,26H,2,6,9-10,15-16,18,32H2,1H3,(H,33,38). The summed E-state index contributed by atoms with van der Waals surface area (Å²) >= 11 is 2.57. The monoisotopic (exact) mass is 586 g/mol. The number of carbonyl (C=O) groups is 2. The molecule has 0 bridgehead atoms. The van der Waals surface area contributed by atoms with Crippen molar-refractivity contribution in [2.75, 3.05) is 23.8 Å². The average Bonchev–Trinajstić information content (AvgIpc) is 3.45. The molecule has 0 saturated heterocycles. The molecule has 3 N–H and O–H groups in total. The van der Waals surface area contributed by atoms with E-state index in [1.807, 2.05) is 61.5 Å². The summed E-state index contributed by atoms with van der Waals surface area (Å²) in [6.45, 7) is 3.01. The van der Waals surface area contributed by atoms with E-state index in [0.717, 1.165) is 29.0 Å². The second kappa shape index (κ2) is 13.0. The molecular weight excluding hydrogens is 557 g/mol. The number of amides is 1. The van der Waals surface area contributed by atoms with Crippen molar-refractivity contribution in [2.24, 2.45) is 5.73 Å². The molecule has 2 heterocycles. The van der Waals surface area contributed by atoms with Gasteiger partial charge in [-0.05, 0) is 49.4 Å². The van der Waals surface area contributed by atoms with E-state index in [1.165, 1.54) is 23.1 Å². The number of nitriles is 1. The topological polar surface area (TPSA) is 134 Å². The molecule has 0 fully saturated rings. The summed E-state index contributed by atoms with van der Waals surface area (Å²) in [4.78, 5) is 27.4.